The summed E-state index contributed by atoms with van der Waals surface area (Å²) in [7, 11) is 0. The fourth-order valence-corrected chi connectivity index (χ4v) is 4.10. The number of aromatic nitrogens is 5. The van der Waals surface area contributed by atoms with Crippen LogP contribution in [0.25, 0.3) is 11.0 Å². The van der Waals surface area contributed by atoms with Crippen LogP contribution in [0.3, 0.4) is 0 Å². The molecule has 3 aromatic heterocycles. The van der Waals surface area contributed by atoms with Crippen molar-refractivity contribution in [3.63, 3.8) is 0 Å². The highest BCUT2D eigenvalue weighted by Gasteiger charge is 2.44. The van der Waals surface area contributed by atoms with Gasteiger partial charge in [0, 0.05) is 25.1 Å². The number of halogens is 5. The second-order valence-electron chi connectivity index (χ2n) is 8.95. The number of hydrogen-bond acceptors (Lipinski definition) is 9. The molecule has 216 valence electrons. The van der Waals surface area contributed by atoms with Crippen LogP contribution in [0.15, 0.2) is 24.7 Å². The lowest BCUT2D eigenvalue weighted by Gasteiger charge is -2.33. The fraction of sp³-hybridized carbons (Fsp3) is 0.478. The highest BCUT2D eigenvalue weighted by atomic mass is 19.4. The Hall–Kier alpha value is -4.15. The van der Waals surface area contributed by atoms with Crippen LogP contribution < -0.4 is 9.64 Å². The molecule has 2 N–H and O–H groups in total. The van der Waals surface area contributed by atoms with E-state index in [-0.39, 0.29) is 23.6 Å². The minimum absolute atomic E-state index is 0.101. The number of ether oxygens (including phenoxy) is 2. The van der Waals surface area contributed by atoms with Crippen molar-refractivity contribution in [2.75, 3.05) is 11.5 Å². The first kappa shape index (κ1) is 28.8. The van der Waals surface area contributed by atoms with Crippen molar-refractivity contribution >= 4 is 29.0 Å². The summed E-state index contributed by atoms with van der Waals surface area (Å²) in [4.78, 5) is 36.3. The monoisotopic (exact) mass is 574 g/mol. The van der Waals surface area contributed by atoms with Gasteiger partial charge in [-0.1, -0.05) is 13.3 Å². The van der Waals surface area contributed by atoms with E-state index in [2.05, 4.69) is 20.1 Å². The molecule has 40 heavy (non-hydrogen) atoms. The molecule has 0 spiro atoms. The van der Waals surface area contributed by atoms with Crippen molar-refractivity contribution in [3.8, 4) is 11.8 Å². The van der Waals surface area contributed by atoms with Crippen LogP contribution in [0.1, 0.15) is 50.6 Å². The number of imide groups is 1. The van der Waals surface area contributed by atoms with Gasteiger partial charge in [-0.05, 0) is 18.9 Å². The predicted octanol–water partition coefficient (Wildman–Crippen LogP) is 5.17. The molecule has 1 aliphatic carbocycles. The number of aliphatic hydroxyl groups is 1. The third-order valence-electron chi connectivity index (χ3n) is 6.08. The number of unbranched alkanes of at least 4 members (excludes halogenated alkanes) is 1. The Morgan fingerprint density at radius 1 is 1.25 bits per heavy atom. The van der Waals surface area contributed by atoms with E-state index in [9.17, 15) is 41.8 Å². The second kappa shape index (κ2) is 11.1. The average molecular weight is 574 g/mol. The number of aliphatic hydroxyl groups excluding tert-OH is 1. The zero-order valence-electron chi connectivity index (χ0n) is 20.8. The Kier molecular flexibility index (Phi) is 8.04. The van der Waals surface area contributed by atoms with E-state index < -0.39 is 77.8 Å². The van der Waals surface area contributed by atoms with Crippen LogP contribution in [0.5, 0.6) is 11.8 Å². The van der Waals surface area contributed by atoms with E-state index in [0.717, 1.165) is 17.2 Å². The van der Waals surface area contributed by atoms with Gasteiger partial charge in [0.15, 0.2) is 11.5 Å². The predicted molar refractivity (Wildman–Crippen MR) is 125 cm³/mol. The Labute approximate surface area is 222 Å². The summed E-state index contributed by atoms with van der Waals surface area (Å²) in [6.45, 7) is 1.67. The van der Waals surface area contributed by atoms with E-state index in [4.69, 9.17) is 9.47 Å². The van der Waals surface area contributed by atoms with E-state index in [1.165, 1.54) is 0 Å². The number of amides is 2. The lowest BCUT2D eigenvalue weighted by molar-refractivity contribution is -0.137. The maximum Gasteiger partial charge on any atom is 0.425 e. The number of carbonyl (C=O) groups excluding carboxylic acids is 1. The summed E-state index contributed by atoms with van der Waals surface area (Å²) >= 11 is 0. The number of rotatable bonds is 7. The van der Waals surface area contributed by atoms with Gasteiger partial charge in [-0.2, -0.15) is 18.1 Å². The lowest BCUT2D eigenvalue weighted by Crippen LogP contribution is -2.38. The van der Waals surface area contributed by atoms with E-state index in [1.54, 1.807) is 6.92 Å². The third kappa shape index (κ3) is 6.03. The van der Waals surface area contributed by atoms with Crippen LogP contribution in [0.4, 0.5) is 37.4 Å². The van der Waals surface area contributed by atoms with Gasteiger partial charge in [0.05, 0.1) is 24.3 Å². The van der Waals surface area contributed by atoms with Crippen LogP contribution >= 0.6 is 0 Å². The van der Waals surface area contributed by atoms with Gasteiger partial charge in [0.2, 0.25) is 17.7 Å². The van der Waals surface area contributed by atoms with E-state index >= 15 is 0 Å². The third-order valence-corrected chi connectivity index (χ3v) is 6.08. The molecule has 2 unspecified atom stereocenters. The van der Waals surface area contributed by atoms with Crippen molar-refractivity contribution in [1.82, 2.24) is 24.7 Å². The molecule has 3 heterocycles. The largest absolute Gasteiger partial charge is 0.464 e. The molecule has 0 saturated heterocycles. The first-order valence-electron chi connectivity index (χ1n) is 12.0. The second-order valence-corrected chi connectivity index (χ2v) is 8.95. The SMILES string of the molecule is CCCCOC(=O)N(C(=O)O)c1ncnc2nn(C3CC(F)(F)CCC3O)c(Oc3cc(C(F)(F)F)ccn3)c12. The Balaban J connectivity index is 1.91. The Morgan fingerprint density at radius 2 is 2.00 bits per heavy atom. The molecule has 2 amide bonds. The number of pyridine rings is 1. The number of fused-ring (bicyclic) bond motifs is 1. The Bertz CT molecular complexity index is 1400. The molecule has 3 aromatic rings. The fourth-order valence-electron chi connectivity index (χ4n) is 4.10. The van der Waals surface area contributed by atoms with Crippen LogP contribution in [-0.2, 0) is 10.9 Å². The van der Waals surface area contributed by atoms with Crippen molar-refractivity contribution < 1.29 is 51.2 Å². The van der Waals surface area contributed by atoms with Crippen molar-refractivity contribution in [1.29, 1.82) is 0 Å². The van der Waals surface area contributed by atoms with Gasteiger partial charge in [0.1, 0.15) is 11.7 Å². The van der Waals surface area contributed by atoms with Gasteiger partial charge < -0.3 is 19.7 Å². The molecule has 0 bridgehead atoms. The van der Waals surface area contributed by atoms with Gasteiger partial charge in [0.25, 0.3) is 0 Å². The molecule has 1 saturated carbocycles. The number of carboxylic acid groups (broad SMARTS) is 1. The molecule has 0 aliphatic heterocycles. The highest BCUT2D eigenvalue weighted by Crippen LogP contribution is 2.44. The Morgan fingerprint density at radius 3 is 2.67 bits per heavy atom. The molecule has 12 nitrogen and oxygen atoms in total. The van der Waals surface area contributed by atoms with Gasteiger partial charge >= 0.3 is 18.4 Å². The van der Waals surface area contributed by atoms with Crippen LogP contribution in [0, 0.1) is 0 Å². The lowest BCUT2D eigenvalue weighted by atomic mass is 9.89. The summed E-state index contributed by atoms with van der Waals surface area (Å²) < 4.78 is 80.1. The molecule has 4 rings (SSSR count). The zero-order valence-corrected chi connectivity index (χ0v) is 20.8. The quantitative estimate of drug-likeness (QED) is 0.285. The number of anilines is 1. The topological polar surface area (TPSA) is 153 Å². The minimum Gasteiger partial charge on any atom is -0.464 e. The molecule has 0 aromatic carbocycles. The van der Waals surface area contributed by atoms with E-state index in [1.807, 2.05) is 0 Å². The van der Waals surface area contributed by atoms with E-state index in [0.29, 0.717) is 25.0 Å². The van der Waals surface area contributed by atoms with Gasteiger partial charge in [-0.25, -0.2) is 38.0 Å². The van der Waals surface area contributed by atoms with Crippen molar-refractivity contribution in [2.24, 2.45) is 0 Å². The first-order chi connectivity index (χ1) is 18.8. The summed E-state index contributed by atoms with van der Waals surface area (Å²) in [6.07, 6.45) is -8.63. The maximum atomic E-state index is 14.4. The molecule has 2 atom stereocenters. The molecule has 1 fully saturated rings. The average Bonchev–Trinajstić information content (AvgIpc) is 3.24. The molecular formula is C23H23F5N6O6. The summed E-state index contributed by atoms with van der Waals surface area (Å²) in [5, 5.41) is 24.0. The molecular weight excluding hydrogens is 551 g/mol. The number of carbonyl (C=O) groups is 2. The summed E-state index contributed by atoms with van der Waals surface area (Å²) in [5.41, 5.74) is -1.51. The highest BCUT2D eigenvalue weighted by molar-refractivity contribution is 6.13. The number of hydrogen-bond donors (Lipinski definition) is 2. The first-order valence-corrected chi connectivity index (χ1v) is 12.0. The van der Waals surface area contributed by atoms with Crippen molar-refractivity contribution in [3.05, 3.63) is 30.2 Å². The van der Waals surface area contributed by atoms with Gasteiger partial charge in [-0.15, -0.1) is 5.10 Å². The minimum atomic E-state index is -4.79. The van der Waals surface area contributed by atoms with Crippen molar-refractivity contribution in [2.45, 2.75) is 63.3 Å². The maximum absolute atomic E-state index is 14.4. The molecule has 17 heteroatoms. The summed E-state index contributed by atoms with van der Waals surface area (Å²) in [5.74, 6) is -5.19. The zero-order chi connectivity index (χ0) is 29.2. The standard InChI is InChI=1S/C23H23F5N6O6/c1-2-3-8-39-21(38)33(20(36)37)18-16-17(30-11-31-18)32-34(13-10-22(24,25)6-4-14(13)35)19(16)40-15-9-12(5-7-29-15)23(26,27)28/h5,7,9,11,13-14,35H,2-4,6,8,10H2,1H3,(H,36,37). The smallest absolute Gasteiger partial charge is 0.425 e. The number of nitrogens with zero attached hydrogens (tertiary/aromatic N) is 6. The summed E-state index contributed by atoms with van der Waals surface area (Å²) in [6, 6.07) is -0.283. The molecule has 0 radical (unpaired) electrons. The number of alkyl halides is 5. The molecule has 1 aliphatic rings. The van der Waals surface area contributed by atoms with Crippen LogP contribution in [0.2, 0.25) is 0 Å². The van der Waals surface area contributed by atoms with Crippen LogP contribution in [-0.4, -0.2) is 65.8 Å². The van der Waals surface area contributed by atoms with Gasteiger partial charge in [-0.3, -0.25) is 0 Å². The normalized spacial score (nSPS) is 18.9.